The van der Waals surface area contributed by atoms with Gasteiger partial charge in [-0.05, 0) is 28.3 Å². The summed E-state index contributed by atoms with van der Waals surface area (Å²) >= 11 is 0. The summed E-state index contributed by atoms with van der Waals surface area (Å²) in [5.74, 6) is 1.53. The fourth-order valence-corrected chi connectivity index (χ4v) is 8.23. The van der Waals surface area contributed by atoms with Crippen LogP contribution in [-0.2, 0) is 0 Å². The maximum atomic E-state index is 5.36. The largest absolute Gasteiger partial charge is 0.354 e. The van der Waals surface area contributed by atoms with E-state index >= 15 is 0 Å². The van der Waals surface area contributed by atoms with E-state index in [1.165, 1.54) is 59.4 Å². The number of benzene rings is 8. The van der Waals surface area contributed by atoms with E-state index in [1.54, 1.807) is 0 Å². The summed E-state index contributed by atoms with van der Waals surface area (Å²) < 4.78 is 2.38. The molecule has 0 spiro atoms. The summed E-state index contributed by atoms with van der Waals surface area (Å²) in [6.45, 7) is 0. The van der Waals surface area contributed by atoms with E-state index in [9.17, 15) is 0 Å². The van der Waals surface area contributed by atoms with Crippen LogP contribution in [0.1, 0.15) is 0 Å². The maximum Gasteiger partial charge on any atom is 0.162 e. The van der Waals surface area contributed by atoms with Gasteiger partial charge in [0, 0.05) is 60.4 Å². The highest BCUT2D eigenvalue weighted by Gasteiger charge is 2.24. The van der Waals surface area contributed by atoms with Gasteiger partial charge in [0.15, 0.2) is 5.82 Å². The third-order valence-electron chi connectivity index (χ3n) is 10.3. The Morgan fingerprint density at radius 2 is 1.00 bits per heavy atom. The molecule has 1 N–H and O–H groups in total. The summed E-state index contributed by atoms with van der Waals surface area (Å²) in [5.41, 5.74) is 7.48. The molecule has 0 atom stereocenters. The average molecular weight is 637 g/mol. The molecule has 0 amide bonds. The molecule has 0 radical (unpaired) electrons. The van der Waals surface area contributed by atoms with E-state index in [4.69, 9.17) is 9.97 Å². The molecule has 0 aliphatic rings. The minimum absolute atomic E-state index is 0.697. The van der Waals surface area contributed by atoms with Gasteiger partial charge in [0.05, 0.1) is 22.2 Å². The number of hydrogen-bond acceptors (Lipinski definition) is 2. The van der Waals surface area contributed by atoms with E-state index in [-0.39, 0.29) is 0 Å². The molecule has 11 aromatic rings. The minimum atomic E-state index is 0.697. The zero-order valence-electron chi connectivity index (χ0n) is 26.9. The maximum absolute atomic E-state index is 5.36. The molecule has 3 heterocycles. The number of H-pyrrole nitrogens is 1. The van der Waals surface area contributed by atoms with Gasteiger partial charge < -0.3 is 4.98 Å². The van der Waals surface area contributed by atoms with E-state index in [0.717, 1.165) is 39.2 Å². The van der Waals surface area contributed by atoms with Gasteiger partial charge in [-0.1, -0.05) is 146 Å². The van der Waals surface area contributed by atoms with Crippen molar-refractivity contribution >= 4 is 75.9 Å². The van der Waals surface area contributed by atoms with E-state index in [2.05, 4.69) is 149 Å². The normalized spacial score (nSPS) is 12.0. The van der Waals surface area contributed by atoms with E-state index in [1.807, 2.05) is 24.3 Å². The van der Waals surface area contributed by atoms with Crippen molar-refractivity contribution in [2.24, 2.45) is 0 Å². The first-order valence-corrected chi connectivity index (χ1v) is 17.0. The zero-order chi connectivity index (χ0) is 32.8. The minimum Gasteiger partial charge on any atom is -0.354 e. The highest BCUT2D eigenvalue weighted by molar-refractivity contribution is 6.45. The third-order valence-corrected chi connectivity index (χ3v) is 10.3. The summed E-state index contributed by atoms with van der Waals surface area (Å²) in [6, 6.07) is 58.1. The number of nitrogens with zero attached hydrogens (tertiary/aromatic N) is 3. The molecule has 4 nitrogen and oxygen atoms in total. The van der Waals surface area contributed by atoms with Gasteiger partial charge in [-0.25, -0.2) is 9.97 Å². The number of fused-ring (bicyclic) bond motifs is 15. The van der Waals surface area contributed by atoms with Crippen molar-refractivity contribution in [1.29, 1.82) is 0 Å². The molecule has 0 aliphatic carbocycles. The fourth-order valence-electron chi connectivity index (χ4n) is 8.23. The number of hydrogen-bond donors (Lipinski definition) is 1. The average Bonchev–Trinajstić information content (AvgIpc) is 3.76. The lowest BCUT2D eigenvalue weighted by Crippen LogP contribution is -2.03. The SMILES string of the molecule is c1ccc(-c2cc(-n3c4ccccc4c4c5c(c6ccccc6c6[nH]c7ccccc7c65)c5ccccc5c43)nc(-c3ccccc3)n2)cc1. The Balaban J connectivity index is 1.41. The molecule has 4 heteroatoms. The van der Waals surface area contributed by atoms with Gasteiger partial charge in [-0.3, -0.25) is 4.57 Å². The van der Waals surface area contributed by atoms with Crippen molar-refractivity contribution < 1.29 is 0 Å². The molecule has 0 saturated heterocycles. The lowest BCUT2D eigenvalue weighted by Gasteiger charge is -2.16. The van der Waals surface area contributed by atoms with Crippen molar-refractivity contribution in [3.05, 3.63) is 164 Å². The highest BCUT2D eigenvalue weighted by atomic mass is 15.1. The van der Waals surface area contributed by atoms with Crippen LogP contribution < -0.4 is 0 Å². The Labute approximate surface area is 286 Å². The van der Waals surface area contributed by atoms with E-state index in [0.29, 0.717) is 5.82 Å². The second-order valence-corrected chi connectivity index (χ2v) is 13.0. The quantitative estimate of drug-likeness (QED) is 0.196. The Kier molecular flexibility index (Phi) is 5.63. The van der Waals surface area contributed by atoms with Crippen LogP contribution in [0.2, 0.25) is 0 Å². The molecule has 8 aromatic carbocycles. The second-order valence-electron chi connectivity index (χ2n) is 13.0. The summed E-state index contributed by atoms with van der Waals surface area (Å²) in [4.78, 5) is 14.3. The number of nitrogens with one attached hydrogen (secondary N) is 1. The van der Waals surface area contributed by atoms with Crippen LogP contribution in [0.15, 0.2) is 164 Å². The number of aromatic nitrogens is 4. The predicted octanol–water partition coefficient (Wildman–Crippen LogP) is 12.0. The first kappa shape index (κ1) is 27.2. The molecule has 0 aliphatic heterocycles. The number of rotatable bonds is 3. The fraction of sp³-hybridized carbons (Fsp3) is 0. The van der Waals surface area contributed by atoms with Gasteiger partial charge in [0.1, 0.15) is 5.82 Å². The summed E-state index contributed by atoms with van der Waals surface area (Å²) in [6.07, 6.45) is 0. The second kappa shape index (κ2) is 10.4. The molecule has 50 heavy (non-hydrogen) atoms. The summed E-state index contributed by atoms with van der Waals surface area (Å²) in [7, 11) is 0. The Morgan fingerprint density at radius 1 is 0.420 bits per heavy atom. The molecular formula is C46H28N4. The van der Waals surface area contributed by atoms with Crippen LogP contribution in [0.5, 0.6) is 0 Å². The van der Waals surface area contributed by atoms with Gasteiger partial charge in [-0.2, -0.15) is 0 Å². The zero-order valence-corrected chi connectivity index (χ0v) is 26.9. The van der Waals surface area contributed by atoms with Crippen LogP contribution in [0.4, 0.5) is 0 Å². The van der Waals surface area contributed by atoms with Crippen LogP contribution in [0.25, 0.3) is 104 Å². The monoisotopic (exact) mass is 636 g/mol. The van der Waals surface area contributed by atoms with Gasteiger partial charge >= 0.3 is 0 Å². The van der Waals surface area contributed by atoms with Crippen molar-refractivity contribution in [2.45, 2.75) is 0 Å². The van der Waals surface area contributed by atoms with Crippen LogP contribution >= 0.6 is 0 Å². The predicted molar refractivity (Wildman–Crippen MR) is 209 cm³/mol. The van der Waals surface area contributed by atoms with E-state index < -0.39 is 0 Å². The van der Waals surface area contributed by atoms with Crippen LogP contribution in [-0.4, -0.2) is 19.5 Å². The molecule has 0 unspecified atom stereocenters. The molecule has 0 bridgehead atoms. The number of para-hydroxylation sites is 2. The smallest absolute Gasteiger partial charge is 0.162 e. The molecule has 3 aromatic heterocycles. The standard InChI is InChI=1S/C46H28N4/c1-3-15-28(16-4-1)37-27-39(49-46(48-37)29-17-5-2-6-18-29)50-38-26-14-12-24-35(38)42-43-40(31-20-8-10-22-33(31)45(42)50)30-19-7-9-21-32(30)44-41(43)34-23-11-13-25-36(34)47-44/h1-27,47H. The Hall–Kier alpha value is -6.78. The van der Waals surface area contributed by atoms with Crippen LogP contribution in [0.3, 0.4) is 0 Å². The molecule has 232 valence electrons. The molecular weight excluding hydrogens is 609 g/mol. The van der Waals surface area contributed by atoms with Crippen molar-refractivity contribution in [2.75, 3.05) is 0 Å². The third kappa shape index (κ3) is 3.76. The Morgan fingerprint density at radius 3 is 1.76 bits per heavy atom. The lowest BCUT2D eigenvalue weighted by molar-refractivity contribution is 1.05. The first-order chi connectivity index (χ1) is 24.8. The molecule has 0 saturated carbocycles. The van der Waals surface area contributed by atoms with Crippen molar-refractivity contribution in [1.82, 2.24) is 19.5 Å². The Bertz CT molecular complexity index is 3080. The van der Waals surface area contributed by atoms with Crippen molar-refractivity contribution in [3.63, 3.8) is 0 Å². The summed E-state index contributed by atoms with van der Waals surface area (Å²) in [5, 5.41) is 12.3. The highest BCUT2D eigenvalue weighted by Crippen LogP contribution is 2.49. The topological polar surface area (TPSA) is 46.5 Å². The van der Waals surface area contributed by atoms with Crippen LogP contribution in [0, 0.1) is 0 Å². The number of aromatic amines is 1. The van der Waals surface area contributed by atoms with Gasteiger partial charge in [-0.15, -0.1) is 0 Å². The lowest BCUT2D eigenvalue weighted by atomic mass is 9.89. The molecule has 11 rings (SSSR count). The van der Waals surface area contributed by atoms with Gasteiger partial charge in [0.25, 0.3) is 0 Å². The van der Waals surface area contributed by atoms with Gasteiger partial charge in [0.2, 0.25) is 0 Å². The molecule has 0 fully saturated rings. The first-order valence-electron chi connectivity index (χ1n) is 17.0. The van der Waals surface area contributed by atoms with Crippen molar-refractivity contribution in [3.8, 4) is 28.5 Å².